The van der Waals surface area contributed by atoms with Gasteiger partial charge in [0.05, 0.1) is 33.2 Å². The summed E-state index contributed by atoms with van der Waals surface area (Å²) < 4.78 is 0. The molecule has 0 atom stereocenters. The first-order valence-electron chi connectivity index (χ1n) is 17.8. The van der Waals surface area contributed by atoms with E-state index in [0.717, 1.165) is 17.1 Å². The van der Waals surface area contributed by atoms with Crippen LogP contribution in [-0.4, -0.2) is 94.9 Å². The summed E-state index contributed by atoms with van der Waals surface area (Å²) in [4.78, 5) is 2.04. The topological polar surface area (TPSA) is 144 Å². The minimum atomic E-state index is -0.781. The number of rotatable bonds is 6. The standard InChI is InChI=1S/C39H57N7O6/c1-34(2)35(3,4)42(48)31(41(34)47)25-13-19-28(20-14-25)40(29-21-15-26(16-22-29)32-43(49)36(5,6)37(7,8)44(32)50)30-23-17-27(18-24-30)33-45(51)38(9,10)39(11,12)46(33)52/h13-24,31-33,47-52H,1-12H3. The zero-order chi connectivity index (χ0) is 38.7. The van der Waals surface area contributed by atoms with Crippen molar-refractivity contribution in [3.05, 3.63) is 89.5 Å². The summed E-state index contributed by atoms with van der Waals surface area (Å²) in [5.74, 6) is 0. The molecule has 0 aromatic heterocycles. The first kappa shape index (κ1) is 38.7. The van der Waals surface area contributed by atoms with Crippen molar-refractivity contribution < 1.29 is 31.2 Å². The molecule has 3 heterocycles. The second-order valence-electron chi connectivity index (χ2n) is 17.7. The monoisotopic (exact) mass is 719 g/mol. The Morgan fingerprint density at radius 2 is 0.481 bits per heavy atom. The third-order valence-electron chi connectivity index (χ3n) is 13.7. The molecule has 3 saturated heterocycles. The van der Waals surface area contributed by atoms with Crippen LogP contribution in [-0.2, 0) is 0 Å². The molecule has 0 bridgehead atoms. The van der Waals surface area contributed by atoms with Crippen LogP contribution in [0.3, 0.4) is 0 Å². The van der Waals surface area contributed by atoms with Crippen LogP contribution in [0.15, 0.2) is 72.8 Å². The summed E-state index contributed by atoms with van der Waals surface area (Å²) in [5.41, 5.74) is 0.0478. The first-order chi connectivity index (χ1) is 23.8. The van der Waals surface area contributed by atoms with E-state index < -0.39 is 51.7 Å². The van der Waals surface area contributed by atoms with Gasteiger partial charge in [-0.2, -0.15) is 30.4 Å². The van der Waals surface area contributed by atoms with Gasteiger partial charge in [-0.05, 0) is 136 Å². The highest BCUT2D eigenvalue weighted by Gasteiger charge is 2.60. The van der Waals surface area contributed by atoms with Gasteiger partial charge in [0, 0.05) is 17.1 Å². The van der Waals surface area contributed by atoms with Crippen molar-refractivity contribution in [2.75, 3.05) is 4.90 Å². The predicted octanol–water partition coefficient (Wildman–Crippen LogP) is 8.01. The van der Waals surface area contributed by atoms with Gasteiger partial charge in [0.25, 0.3) is 0 Å². The predicted molar refractivity (Wildman–Crippen MR) is 196 cm³/mol. The molecule has 0 amide bonds. The quantitative estimate of drug-likeness (QED) is 0.147. The maximum Gasteiger partial charge on any atom is 0.136 e. The van der Waals surface area contributed by atoms with Gasteiger partial charge in [0.2, 0.25) is 0 Å². The summed E-state index contributed by atoms with van der Waals surface area (Å²) in [7, 11) is 0. The number of anilines is 3. The SMILES string of the molecule is CC1(C)N(O)C(c2ccc(N(c3ccc(C4N(O)C(C)(C)C(C)(C)N4O)cc3)c3ccc(C4N(O)C(C)(C)C(C)(C)N4O)cc3)cc2)N(O)C1(C)C. The van der Waals surface area contributed by atoms with Gasteiger partial charge < -0.3 is 36.1 Å². The zero-order valence-electron chi connectivity index (χ0n) is 32.5. The number of benzene rings is 3. The van der Waals surface area contributed by atoms with Crippen molar-refractivity contribution in [3.63, 3.8) is 0 Å². The average molecular weight is 720 g/mol. The van der Waals surface area contributed by atoms with Gasteiger partial charge >= 0.3 is 0 Å². The zero-order valence-corrected chi connectivity index (χ0v) is 32.5. The Bertz CT molecular complexity index is 1510. The third-order valence-corrected chi connectivity index (χ3v) is 13.7. The lowest BCUT2D eigenvalue weighted by Gasteiger charge is -2.37. The molecule has 6 rings (SSSR count). The first-order valence-corrected chi connectivity index (χ1v) is 17.8. The van der Waals surface area contributed by atoms with Crippen molar-refractivity contribution in [2.45, 2.75) is 135 Å². The van der Waals surface area contributed by atoms with E-state index in [1.165, 1.54) is 30.4 Å². The second-order valence-corrected chi connectivity index (χ2v) is 17.7. The van der Waals surface area contributed by atoms with Gasteiger partial charge in [-0.15, -0.1) is 0 Å². The van der Waals surface area contributed by atoms with E-state index in [1.54, 1.807) is 0 Å². The van der Waals surface area contributed by atoms with Crippen LogP contribution in [0.5, 0.6) is 0 Å². The molecule has 0 unspecified atom stereocenters. The van der Waals surface area contributed by atoms with E-state index in [2.05, 4.69) is 0 Å². The van der Waals surface area contributed by atoms with Crippen LogP contribution in [0.2, 0.25) is 0 Å². The Kier molecular flexibility index (Phi) is 9.12. The maximum atomic E-state index is 11.2. The van der Waals surface area contributed by atoms with Gasteiger partial charge in [0.15, 0.2) is 0 Å². The molecule has 0 spiro atoms. The molecule has 6 N–H and O–H groups in total. The highest BCUT2D eigenvalue weighted by Crippen LogP contribution is 2.51. The van der Waals surface area contributed by atoms with Crippen molar-refractivity contribution in [2.24, 2.45) is 0 Å². The van der Waals surface area contributed by atoms with Gasteiger partial charge in [-0.1, -0.05) is 36.4 Å². The van der Waals surface area contributed by atoms with Crippen molar-refractivity contribution in [1.29, 1.82) is 0 Å². The van der Waals surface area contributed by atoms with Crippen LogP contribution in [0, 0.1) is 0 Å². The number of hydrogen-bond donors (Lipinski definition) is 6. The molecule has 3 aliphatic heterocycles. The average Bonchev–Trinajstić information content (AvgIpc) is 3.35. The summed E-state index contributed by atoms with van der Waals surface area (Å²) in [6.45, 7) is 22.7. The molecule has 3 aromatic rings. The van der Waals surface area contributed by atoms with Crippen molar-refractivity contribution in [1.82, 2.24) is 30.4 Å². The molecule has 0 aliphatic carbocycles. The Hall–Kier alpha value is -3.02. The van der Waals surface area contributed by atoms with E-state index in [0.29, 0.717) is 16.7 Å². The molecule has 284 valence electrons. The van der Waals surface area contributed by atoms with E-state index in [9.17, 15) is 31.2 Å². The van der Waals surface area contributed by atoms with Gasteiger partial charge in [-0.3, -0.25) is 0 Å². The maximum absolute atomic E-state index is 11.2. The van der Waals surface area contributed by atoms with Crippen molar-refractivity contribution >= 4 is 17.1 Å². The van der Waals surface area contributed by atoms with Crippen LogP contribution in [0.25, 0.3) is 0 Å². The molecule has 52 heavy (non-hydrogen) atoms. The van der Waals surface area contributed by atoms with Crippen LogP contribution < -0.4 is 4.90 Å². The highest BCUT2D eigenvalue weighted by atomic mass is 16.6. The normalized spacial score (nSPS) is 25.7. The Labute approximate surface area is 307 Å². The summed E-state index contributed by atoms with van der Waals surface area (Å²) >= 11 is 0. The number of nitrogens with zero attached hydrogens (tertiary/aromatic N) is 7. The fourth-order valence-electron chi connectivity index (χ4n) is 7.51. The van der Waals surface area contributed by atoms with Crippen LogP contribution >= 0.6 is 0 Å². The summed E-state index contributed by atoms with van der Waals surface area (Å²) in [6, 6.07) is 22.8. The molecule has 0 saturated carbocycles. The van der Waals surface area contributed by atoms with E-state index >= 15 is 0 Å². The molecule has 3 fully saturated rings. The molecular weight excluding hydrogens is 662 g/mol. The number of hydrogen-bond acceptors (Lipinski definition) is 13. The minimum absolute atomic E-state index is 0.702. The molecular formula is C39H57N7O6. The lowest BCUT2D eigenvalue weighted by atomic mass is 9.84. The van der Waals surface area contributed by atoms with Crippen molar-refractivity contribution in [3.8, 4) is 0 Å². The van der Waals surface area contributed by atoms with E-state index in [1.807, 2.05) is 161 Å². The fraction of sp³-hybridized carbons (Fsp3) is 0.538. The van der Waals surface area contributed by atoms with Crippen LogP contribution in [0.4, 0.5) is 17.1 Å². The second kappa shape index (κ2) is 12.2. The molecule has 3 aliphatic rings. The summed E-state index contributed by atoms with van der Waals surface area (Å²) in [6.07, 6.45) is -2.34. The molecule has 13 nitrogen and oxygen atoms in total. The Morgan fingerprint density at radius 1 is 0.327 bits per heavy atom. The summed E-state index contributed by atoms with van der Waals surface area (Å²) in [5, 5.41) is 74.3. The fourth-order valence-corrected chi connectivity index (χ4v) is 7.51. The Balaban J connectivity index is 1.39. The number of hydroxylamine groups is 12. The van der Waals surface area contributed by atoms with Gasteiger partial charge in [0.1, 0.15) is 18.5 Å². The molecule has 3 aromatic carbocycles. The van der Waals surface area contributed by atoms with Gasteiger partial charge in [-0.25, -0.2) is 0 Å². The minimum Gasteiger partial charge on any atom is -0.311 e. The molecule has 0 radical (unpaired) electrons. The van der Waals surface area contributed by atoms with E-state index in [4.69, 9.17) is 0 Å². The smallest absolute Gasteiger partial charge is 0.136 e. The lowest BCUT2D eigenvalue weighted by Crippen LogP contribution is -2.52. The third kappa shape index (κ3) is 5.22. The molecule has 13 heteroatoms. The lowest BCUT2D eigenvalue weighted by molar-refractivity contribution is -0.223. The van der Waals surface area contributed by atoms with E-state index in [-0.39, 0.29) is 0 Å². The highest BCUT2D eigenvalue weighted by molar-refractivity contribution is 5.77. The Morgan fingerprint density at radius 3 is 0.635 bits per heavy atom. The van der Waals surface area contributed by atoms with Crippen LogP contribution in [0.1, 0.15) is 118 Å². The largest absolute Gasteiger partial charge is 0.311 e.